The third-order valence-corrected chi connectivity index (χ3v) is 12.8. The van der Waals surface area contributed by atoms with E-state index in [1.54, 1.807) is 81.1 Å². The highest BCUT2D eigenvalue weighted by Gasteiger charge is 2.48. The number of benzene rings is 4. The molecular weight excluding hydrogens is 987 g/mol. The Hall–Kier alpha value is -7.94. The number of hydrogen-bond donors (Lipinski definition) is 6. The summed E-state index contributed by atoms with van der Waals surface area (Å²) >= 11 is 0. The van der Waals surface area contributed by atoms with E-state index in [-0.39, 0.29) is 87.6 Å². The zero-order chi connectivity index (χ0) is 55.6. The van der Waals surface area contributed by atoms with Crippen LogP contribution in [-0.2, 0) is 35.3 Å². The van der Waals surface area contributed by atoms with Crippen molar-refractivity contribution in [1.82, 2.24) is 25.8 Å². The number of hydrogen-bond acceptors (Lipinski definition) is 11. The quantitative estimate of drug-likeness (QED) is 0.0278. The summed E-state index contributed by atoms with van der Waals surface area (Å²) in [4.78, 5) is 107. The molecule has 8 amide bonds. The molecule has 0 aliphatic carbocycles. The van der Waals surface area contributed by atoms with Crippen molar-refractivity contribution >= 4 is 59.0 Å². The third kappa shape index (κ3) is 17.3. The van der Waals surface area contributed by atoms with Gasteiger partial charge in [0.05, 0.1) is 18.1 Å². The van der Waals surface area contributed by atoms with Crippen molar-refractivity contribution < 1.29 is 61.7 Å². The van der Waals surface area contributed by atoms with Crippen molar-refractivity contribution in [2.45, 2.75) is 97.1 Å². The average molecular weight is 1060 g/mol. The first-order valence-corrected chi connectivity index (χ1v) is 25.1. The topological polar surface area (TPSA) is 259 Å². The van der Waals surface area contributed by atoms with Crippen molar-refractivity contribution in [3.8, 4) is 5.75 Å². The number of amides is 8. The lowest BCUT2D eigenvalue weighted by Crippen LogP contribution is -2.55. The van der Waals surface area contributed by atoms with Crippen LogP contribution in [0, 0.1) is 29.4 Å². The van der Waals surface area contributed by atoms with Gasteiger partial charge in [-0.1, -0.05) is 64.1 Å². The molecule has 7 N–H and O–H groups in total. The van der Waals surface area contributed by atoms with Crippen LogP contribution in [0.15, 0.2) is 97.1 Å². The van der Waals surface area contributed by atoms with Gasteiger partial charge >= 0.3 is 18.2 Å². The maximum absolute atomic E-state index is 13.8. The number of rotatable bonds is 26. The van der Waals surface area contributed by atoms with E-state index < -0.39 is 77.7 Å². The Labute approximate surface area is 440 Å². The Bertz CT molecular complexity index is 2640. The lowest BCUT2D eigenvalue weighted by atomic mass is 9.78. The number of carbonyl (C=O) groups is 8. The molecule has 76 heavy (non-hydrogen) atoms. The van der Waals surface area contributed by atoms with Gasteiger partial charge < -0.3 is 56.3 Å². The highest BCUT2D eigenvalue weighted by Crippen LogP contribution is 2.46. The summed E-state index contributed by atoms with van der Waals surface area (Å²) in [7, 11) is 3.01. The number of β-lactam (4-membered cyclic amide) rings is 1. The number of anilines is 2. The Balaban J connectivity index is 1.09. The molecule has 4 aromatic rings. The molecule has 1 fully saturated rings. The molecular formula is C55H68F2N8O11. The molecule has 0 saturated carbocycles. The van der Waals surface area contributed by atoms with Crippen molar-refractivity contribution in [2.75, 3.05) is 43.9 Å². The molecule has 0 unspecified atom stereocenters. The first-order chi connectivity index (χ1) is 36.1. The van der Waals surface area contributed by atoms with Gasteiger partial charge in [0.1, 0.15) is 41.9 Å². The summed E-state index contributed by atoms with van der Waals surface area (Å²) in [5.74, 6) is -3.73. The molecule has 19 nitrogen and oxygen atoms in total. The van der Waals surface area contributed by atoms with Gasteiger partial charge in [-0.15, -0.1) is 0 Å². The fourth-order valence-electron chi connectivity index (χ4n) is 8.21. The number of urea groups is 1. The van der Waals surface area contributed by atoms with Gasteiger partial charge in [0.2, 0.25) is 23.6 Å². The molecule has 4 aromatic carbocycles. The number of aliphatic hydroxyl groups is 1. The van der Waals surface area contributed by atoms with E-state index in [2.05, 4.69) is 21.3 Å². The minimum absolute atomic E-state index is 0.0305. The fraction of sp³-hybridized carbons (Fsp3) is 0.418. The van der Waals surface area contributed by atoms with Crippen LogP contribution in [0.3, 0.4) is 0 Å². The van der Waals surface area contributed by atoms with Gasteiger partial charge in [-0.25, -0.2) is 23.2 Å². The van der Waals surface area contributed by atoms with Crippen LogP contribution in [0.5, 0.6) is 5.75 Å². The summed E-state index contributed by atoms with van der Waals surface area (Å²) in [6, 6.07) is 20.8. The second-order valence-corrected chi connectivity index (χ2v) is 19.3. The number of halogens is 2. The maximum Gasteiger partial charge on any atom is 0.415 e. The Morgan fingerprint density at radius 2 is 1.36 bits per heavy atom. The smallest absolute Gasteiger partial charge is 0.415 e. The monoisotopic (exact) mass is 1050 g/mol. The van der Waals surface area contributed by atoms with Crippen LogP contribution < -0.4 is 36.6 Å². The summed E-state index contributed by atoms with van der Waals surface area (Å²) in [5, 5.41) is 21.4. The number of carbonyl (C=O) groups excluding carboxylic acids is 8. The maximum atomic E-state index is 13.8. The lowest BCUT2D eigenvalue weighted by Gasteiger charge is -2.48. The normalized spacial score (nSPS) is 15.1. The molecule has 1 heterocycles. The summed E-state index contributed by atoms with van der Waals surface area (Å²) in [5.41, 5.74) is 7.86. The van der Waals surface area contributed by atoms with Crippen LogP contribution in [0.4, 0.5) is 34.5 Å². The highest BCUT2D eigenvalue weighted by molar-refractivity contribution is 6.03. The van der Waals surface area contributed by atoms with E-state index >= 15 is 0 Å². The Morgan fingerprint density at radius 3 is 1.95 bits per heavy atom. The van der Waals surface area contributed by atoms with Gasteiger partial charge in [0, 0.05) is 63.9 Å². The number of ether oxygens (including phenoxy) is 2. The minimum atomic E-state index is -1.08. The van der Waals surface area contributed by atoms with Gasteiger partial charge in [-0.2, -0.15) is 0 Å². The molecule has 21 heteroatoms. The number of likely N-dealkylation sites (N-methyl/N-ethyl adjacent to an activating group) is 2. The Morgan fingerprint density at radius 1 is 0.750 bits per heavy atom. The van der Waals surface area contributed by atoms with Gasteiger partial charge in [0.25, 0.3) is 0 Å². The fourth-order valence-corrected chi connectivity index (χ4v) is 8.21. The SMILES string of the molecule is CC(C)C(=O)CCC(=O)N[C@H](C(=O)N[C@@H](CCCNC(N)=O)C(=O)Nc1ccc(COC(=O)N(C)CCN(C)C(=O)Oc2ccc([C@@H]3[C@@H](CC[C@H](O)c4ccc(F)cc4)C(=O)N3c3ccc(F)cc3)cc2)cc1)C(C)C. The molecule has 0 bridgehead atoms. The molecule has 1 aliphatic rings. The van der Waals surface area contributed by atoms with E-state index in [9.17, 15) is 52.2 Å². The number of ketones is 1. The number of nitrogens with zero attached hydrogens (tertiary/aromatic N) is 3. The van der Waals surface area contributed by atoms with Crippen LogP contribution in [0.1, 0.15) is 95.1 Å². The summed E-state index contributed by atoms with van der Waals surface area (Å²) in [6.45, 7) is 7.12. The number of nitrogens with one attached hydrogen (secondary N) is 4. The zero-order valence-corrected chi connectivity index (χ0v) is 43.6. The van der Waals surface area contributed by atoms with E-state index in [0.717, 1.165) is 0 Å². The molecule has 1 saturated heterocycles. The van der Waals surface area contributed by atoms with Gasteiger partial charge in [-0.3, -0.25) is 24.0 Å². The largest absolute Gasteiger partial charge is 0.445 e. The number of primary amides is 1. The van der Waals surface area contributed by atoms with E-state index in [1.165, 1.54) is 72.4 Å². The third-order valence-electron chi connectivity index (χ3n) is 12.8. The number of nitrogens with two attached hydrogens (primary N) is 1. The van der Waals surface area contributed by atoms with Crippen molar-refractivity contribution in [3.05, 3.63) is 125 Å². The molecule has 5 atom stereocenters. The molecule has 0 spiro atoms. The zero-order valence-electron chi connectivity index (χ0n) is 43.6. The second-order valence-electron chi connectivity index (χ2n) is 19.3. The first-order valence-electron chi connectivity index (χ1n) is 25.1. The first kappa shape index (κ1) is 58.9. The van der Waals surface area contributed by atoms with Crippen LogP contribution in [-0.4, -0.2) is 108 Å². The summed E-state index contributed by atoms with van der Waals surface area (Å²) < 4.78 is 38.4. The van der Waals surface area contributed by atoms with Crippen molar-refractivity contribution in [1.29, 1.82) is 0 Å². The number of Topliss-reactive ketones (excluding diaryl/α,β-unsaturated/α-hetero) is 1. The molecule has 0 aromatic heterocycles. The van der Waals surface area contributed by atoms with Crippen LogP contribution in [0.25, 0.3) is 0 Å². The van der Waals surface area contributed by atoms with Gasteiger partial charge in [0.15, 0.2) is 0 Å². The second kappa shape index (κ2) is 28.1. The van der Waals surface area contributed by atoms with Crippen LogP contribution >= 0.6 is 0 Å². The van der Waals surface area contributed by atoms with E-state index in [1.807, 2.05) is 0 Å². The standard InChI is InChI=1S/C55H68F2N8O11/c1-33(2)45(66)27-28-47(68)62-48(34(3)4)51(70)61-44(8-7-29-59-53(58)72)50(69)60-40-19-9-35(10-20-40)32-75-54(73)63(5)30-31-64(6)55(74)76-42-23-13-37(14-24-42)49-43(25-26-46(67)36-11-15-38(56)16-12-36)52(71)65(49)41-21-17-39(57)18-22-41/h9-24,33-34,43-44,46,48-49,67H,7-8,25-32H2,1-6H3,(H,60,69)(H,61,70)(H,62,68)(H3,58,59,72)/t43-,44+,46+,48+,49-/m1/s1. The Kier molecular flexibility index (Phi) is 21.8. The molecule has 5 rings (SSSR count). The van der Waals surface area contributed by atoms with Crippen molar-refractivity contribution in [2.24, 2.45) is 23.5 Å². The predicted octanol–water partition coefficient (Wildman–Crippen LogP) is 6.90. The highest BCUT2D eigenvalue weighted by atomic mass is 19.1. The minimum Gasteiger partial charge on any atom is -0.445 e. The number of aliphatic hydroxyl groups excluding tert-OH is 1. The molecule has 408 valence electrons. The predicted molar refractivity (Wildman–Crippen MR) is 278 cm³/mol. The van der Waals surface area contributed by atoms with Gasteiger partial charge in [-0.05, 0) is 109 Å². The lowest BCUT2D eigenvalue weighted by molar-refractivity contribution is -0.132. The van der Waals surface area contributed by atoms with Crippen molar-refractivity contribution in [3.63, 3.8) is 0 Å². The van der Waals surface area contributed by atoms with E-state index in [0.29, 0.717) is 34.5 Å². The average Bonchev–Trinajstić information content (AvgIpc) is 3.40. The molecule has 0 radical (unpaired) electrons. The van der Waals surface area contributed by atoms with Crippen LogP contribution in [0.2, 0.25) is 0 Å². The van der Waals surface area contributed by atoms with E-state index in [4.69, 9.17) is 15.2 Å². The molecule has 1 aliphatic heterocycles. The summed E-state index contributed by atoms with van der Waals surface area (Å²) in [6.07, 6.45) is -1.44.